The Balaban J connectivity index is 2.92. The van der Waals surface area contributed by atoms with Crippen LogP contribution in [0.5, 0.6) is 0 Å². The van der Waals surface area contributed by atoms with Gasteiger partial charge in [-0.15, -0.1) is 0 Å². The minimum absolute atomic E-state index is 0.274. The molecular weight excluding hydrogens is 278 g/mol. The third-order valence-electron chi connectivity index (χ3n) is 3.21. The normalized spacial score (nSPS) is 13.5. The van der Waals surface area contributed by atoms with Gasteiger partial charge in [0.05, 0.1) is 0 Å². The molecule has 1 amide bonds. The van der Waals surface area contributed by atoms with E-state index in [1.165, 1.54) is 20.2 Å². The van der Waals surface area contributed by atoms with Gasteiger partial charge in [0.2, 0.25) is 5.91 Å². The second kappa shape index (κ2) is 6.38. The molecule has 0 spiro atoms. The number of aliphatic carboxylic acids is 1. The van der Waals surface area contributed by atoms with Gasteiger partial charge in [0.15, 0.2) is 0 Å². The largest absolute Gasteiger partial charge is 0.480 e. The van der Waals surface area contributed by atoms with Crippen LogP contribution >= 0.6 is 0 Å². The third kappa shape index (κ3) is 3.80. The zero-order valence-electron chi connectivity index (χ0n) is 12.3. The van der Waals surface area contributed by atoms with E-state index in [0.29, 0.717) is 6.42 Å². The van der Waals surface area contributed by atoms with Crippen molar-refractivity contribution < 1.29 is 14.7 Å². The zero-order valence-corrected chi connectivity index (χ0v) is 12.3. The summed E-state index contributed by atoms with van der Waals surface area (Å²) in [6, 6.07) is 1.16. The van der Waals surface area contributed by atoms with Crippen LogP contribution in [0.25, 0.3) is 0 Å². The fraction of sp³-hybridized carbons (Fsp3) is 0.538. The second-order valence-corrected chi connectivity index (χ2v) is 5.06. The molecule has 0 bridgehead atoms. The Morgan fingerprint density at radius 1 is 1.38 bits per heavy atom. The van der Waals surface area contributed by atoms with Gasteiger partial charge in [0, 0.05) is 19.3 Å². The summed E-state index contributed by atoms with van der Waals surface area (Å²) in [5.74, 6) is -1.74. The Morgan fingerprint density at radius 2 is 2.00 bits per heavy atom. The first kappa shape index (κ1) is 16.7. The highest BCUT2D eigenvalue weighted by atomic mass is 16.4. The molecule has 1 heterocycles. The number of carboxylic acid groups (broad SMARTS) is 1. The van der Waals surface area contributed by atoms with Crippen LogP contribution < -0.4 is 16.6 Å². The highest BCUT2D eigenvalue weighted by Crippen LogP contribution is 2.12. The molecule has 21 heavy (non-hydrogen) atoms. The number of hydrogen-bond acceptors (Lipinski definition) is 4. The van der Waals surface area contributed by atoms with Gasteiger partial charge in [-0.2, -0.15) is 0 Å². The predicted molar refractivity (Wildman–Crippen MR) is 75.0 cm³/mol. The monoisotopic (exact) mass is 297 g/mol. The van der Waals surface area contributed by atoms with Crippen molar-refractivity contribution in [2.45, 2.75) is 38.8 Å². The maximum atomic E-state index is 11.9. The molecule has 2 N–H and O–H groups in total. The van der Waals surface area contributed by atoms with Crippen LogP contribution in [0.4, 0.5) is 0 Å². The second-order valence-electron chi connectivity index (χ2n) is 5.06. The van der Waals surface area contributed by atoms with Crippen LogP contribution in [0.3, 0.4) is 0 Å². The molecule has 116 valence electrons. The number of amides is 1. The molecule has 1 aromatic heterocycles. The van der Waals surface area contributed by atoms with Crippen LogP contribution in [-0.2, 0) is 23.2 Å². The first-order valence-electron chi connectivity index (χ1n) is 6.52. The summed E-state index contributed by atoms with van der Waals surface area (Å²) in [5, 5.41) is 11.6. The van der Waals surface area contributed by atoms with E-state index in [9.17, 15) is 24.3 Å². The Hall–Kier alpha value is -2.38. The predicted octanol–water partition coefficient (Wildman–Crippen LogP) is -0.693. The van der Waals surface area contributed by atoms with Crippen molar-refractivity contribution >= 4 is 11.9 Å². The summed E-state index contributed by atoms with van der Waals surface area (Å²) in [4.78, 5) is 46.2. The smallest absolute Gasteiger partial charge is 0.331 e. The Labute approximate surface area is 121 Å². The number of carbonyl (C=O) groups excluding carboxylic acids is 1. The molecule has 0 fully saturated rings. The molecule has 0 saturated heterocycles. The lowest BCUT2D eigenvalue weighted by Gasteiger charge is -2.25. The van der Waals surface area contributed by atoms with E-state index in [-0.39, 0.29) is 13.0 Å². The molecule has 0 aliphatic carbocycles. The quantitative estimate of drug-likeness (QED) is 0.722. The topological polar surface area (TPSA) is 110 Å². The van der Waals surface area contributed by atoms with Crippen LogP contribution in [0.1, 0.15) is 26.7 Å². The Kier molecular flexibility index (Phi) is 5.07. The van der Waals surface area contributed by atoms with Crippen LogP contribution in [-0.4, -0.2) is 31.7 Å². The van der Waals surface area contributed by atoms with Gasteiger partial charge in [0.1, 0.15) is 12.1 Å². The summed E-state index contributed by atoms with van der Waals surface area (Å²) < 4.78 is 1.92. The molecule has 1 atom stereocenters. The fourth-order valence-corrected chi connectivity index (χ4v) is 1.96. The number of nitrogens with one attached hydrogen (secondary N) is 1. The van der Waals surface area contributed by atoms with Crippen LogP contribution in [0.15, 0.2) is 21.9 Å². The summed E-state index contributed by atoms with van der Waals surface area (Å²) in [6.45, 7) is 2.88. The van der Waals surface area contributed by atoms with Gasteiger partial charge in [-0.3, -0.25) is 18.7 Å². The van der Waals surface area contributed by atoms with E-state index in [0.717, 1.165) is 15.2 Å². The van der Waals surface area contributed by atoms with Crippen LogP contribution in [0.2, 0.25) is 0 Å². The molecule has 8 heteroatoms. The van der Waals surface area contributed by atoms with E-state index in [2.05, 4.69) is 5.32 Å². The highest BCUT2D eigenvalue weighted by molar-refractivity contribution is 5.86. The number of nitrogens with zero attached hydrogens (tertiary/aromatic N) is 2. The minimum atomic E-state index is -1.38. The number of hydrogen-bond donors (Lipinski definition) is 2. The lowest BCUT2D eigenvalue weighted by molar-refractivity contribution is -0.147. The molecule has 1 rings (SSSR count). The van der Waals surface area contributed by atoms with Crippen molar-refractivity contribution in [3.8, 4) is 0 Å². The van der Waals surface area contributed by atoms with E-state index in [1.807, 2.05) is 6.92 Å². The molecule has 0 aliphatic heterocycles. The van der Waals surface area contributed by atoms with Crippen LogP contribution in [0, 0.1) is 0 Å². The third-order valence-corrected chi connectivity index (χ3v) is 3.21. The maximum Gasteiger partial charge on any atom is 0.331 e. The molecule has 1 unspecified atom stereocenters. The van der Waals surface area contributed by atoms with E-state index >= 15 is 0 Å². The minimum Gasteiger partial charge on any atom is -0.480 e. The number of rotatable bonds is 6. The fourth-order valence-electron chi connectivity index (χ4n) is 1.96. The van der Waals surface area contributed by atoms with Gasteiger partial charge in [-0.25, -0.2) is 9.59 Å². The first-order chi connectivity index (χ1) is 9.71. The van der Waals surface area contributed by atoms with Gasteiger partial charge < -0.3 is 10.4 Å². The molecule has 1 aromatic rings. The van der Waals surface area contributed by atoms with Gasteiger partial charge in [-0.05, 0) is 13.3 Å². The van der Waals surface area contributed by atoms with Gasteiger partial charge >= 0.3 is 11.7 Å². The molecule has 0 radical (unpaired) electrons. The maximum absolute atomic E-state index is 11.9. The van der Waals surface area contributed by atoms with E-state index in [4.69, 9.17) is 0 Å². The van der Waals surface area contributed by atoms with Crippen molar-refractivity contribution in [2.24, 2.45) is 7.05 Å². The van der Waals surface area contributed by atoms with Crippen molar-refractivity contribution in [2.75, 3.05) is 0 Å². The highest BCUT2D eigenvalue weighted by Gasteiger charge is 2.33. The molecule has 0 saturated carbocycles. The summed E-state index contributed by atoms with van der Waals surface area (Å²) in [7, 11) is 1.30. The van der Waals surface area contributed by atoms with Crippen molar-refractivity contribution in [1.29, 1.82) is 0 Å². The van der Waals surface area contributed by atoms with E-state index < -0.39 is 28.7 Å². The van der Waals surface area contributed by atoms with E-state index in [1.54, 1.807) is 0 Å². The SMILES string of the molecule is CCCC(C)(NC(=O)Cn1ccc(=O)n(C)c1=O)C(=O)O. The Bertz CT molecular complexity index is 661. The number of carboxylic acids is 1. The van der Waals surface area contributed by atoms with Crippen molar-refractivity contribution in [3.05, 3.63) is 33.1 Å². The molecule has 0 aromatic carbocycles. The summed E-state index contributed by atoms with van der Waals surface area (Å²) in [6.07, 6.45) is 2.07. The van der Waals surface area contributed by atoms with Gasteiger partial charge in [0.25, 0.3) is 5.56 Å². The van der Waals surface area contributed by atoms with Crippen molar-refractivity contribution in [1.82, 2.24) is 14.5 Å². The lowest BCUT2D eigenvalue weighted by Crippen LogP contribution is -2.53. The average Bonchev–Trinajstić information content (AvgIpc) is 2.39. The van der Waals surface area contributed by atoms with Crippen molar-refractivity contribution in [3.63, 3.8) is 0 Å². The summed E-state index contributed by atoms with van der Waals surface area (Å²) in [5.41, 5.74) is -2.49. The number of carbonyl (C=O) groups is 2. The first-order valence-corrected chi connectivity index (χ1v) is 6.52. The standard InChI is InChI=1S/C13H19N3O5/c1-4-6-13(2,11(19)20)14-9(17)8-16-7-5-10(18)15(3)12(16)21/h5,7H,4,6,8H2,1-3H3,(H,14,17)(H,19,20). The molecular formula is C13H19N3O5. The Morgan fingerprint density at radius 3 is 2.52 bits per heavy atom. The molecule has 0 aliphatic rings. The summed E-state index contributed by atoms with van der Waals surface area (Å²) >= 11 is 0. The lowest BCUT2D eigenvalue weighted by atomic mass is 9.96. The average molecular weight is 297 g/mol. The van der Waals surface area contributed by atoms with Gasteiger partial charge in [-0.1, -0.05) is 13.3 Å². The zero-order chi connectivity index (χ0) is 16.2. The molecule has 8 nitrogen and oxygen atoms in total. The number of aromatic nitrogens is 2.